The van der Waals surface area contributed by atoms with Gasteiger partial charge in [-0.25, -0.2) is 0 Å². The van der Waals surface area contributed by atoms with E-state index in [2.05, 4.69) is 0 Å². The Labute approximate surface area is 126 Å². The minimum Gasteiger partial charge on any atom is -0.461 e. The normalized spacial score (nSPS) is 10.1. The molecule has 1 aromatic heterocycles. The van der Waals surface area contributed by atoms with Gasteiger partial charge in [0, 0.05) is 17.6 Å². The number of thiazole rings is 1. The summed E-state index contributed by atoms with van der Waals surface area (Å²) in [5, 5.41) is 10.6. The molecule has 21 heavy (non-hydrogen) atoms. The van der Waals surface area contributed by atoms with Gasteiger partial charge in [0.05, 0.1) is 18.1 Å². The predicted octanol–water partition coefficient (Wildman–Crippen LogP) is 2.22. The second-order valence-electron chi connectivity index (χ2n) is 4.52. The fraction of sp³-hybridized carbons (Fsp3) is 0.267. The first-order valence-corrected chi connectivity index (χ1v) is 7.27. The van der Waals surface area contributed by atoms with Gasteiger partial charge in [-0.2, -0.15) is 5.26 Å². The van der Waals surface area contributed by atoms with E-state index in [4.69, 9.17) is 10.00 Å². The van der Waals surface area contributed by atoms with E-state index in [-0.39, 0.29) is 23.9 Å². The first-order valence-electron chi connectivity index (χ1n) is 6.40. The molecule has 2 rings (SSSR count). The van der Waals surface area contributed by atoms with E-state index in [1.165, 1.54) is 0 Å². The summed E-state index contributed by atoms with van der Waals surface area (Å²) >= 11 is 1.12. The molecule has 0 saturated heterocycles. The topological polar surface area (TPSA) is 72.1 Å². The molecule has 108 valence electrons. The number of nitrogens with zero attached hydrogens (tertiary/aromatic N) is 2. The number of nitriles is 1. The van der Waals surface area contributed by atoms with Crippen LogP contribution in [0.3, 0.4) is 0 Å². The Bertz CT molecular complexity index is 740. The van der Waals surface area contributed by atoms with E-state index in [0.717, 1.165) is 22.6 Å². The van der Waals surface area contributed by atoms with E-state index in [0.29, 0.717) is 12.1 Å². The van der Waals surface area contributed by atoms with Gasteiger partial charge in [0.2, 0.25) is 0 Å². The van der Waals surface area contributed by atoms with E-state index in [1.54, 1.807) is 34.2 Å². The smallest absolute Gasteiger partial charge is 0.307 e. The monoisotopic (exact) mass is 302 g/mol. The lowest BCUT2D eigenvalue weighted by Crippen LogP contribution is -2.17. The molecule has 2 aromatic rings. The van der Waals surface area contributed by atoms with Gasteiger partial charge in [0.1, 0.15) is 6.61 Å². The molecule has 6 heteroatoms. The Hall–Kier alpha value is -2.39. The van der Waals surface area contributed by atoms with Crippen LogP contribution >= 0.6 is 11.3 Å². The number of benzene rings is 1. The van der Waals surface area contributed by atoms with Crippen molar-refractivity contribution < 1.29 is 9.53 Å². The number of aromatic nitrogens is 1. The third kappa shape index (κ3) is 4.04. The van der Waals surface area contributed by atoms with Crippen LogP contribution in [0.25, 0.3) is 0 Å². The maximum atomic E-state index is 11.7. The van der Waals surface area contributed by atoms with Crippen LogP contribution in [0.15, 0.2) is 34.4 Å². The highest BCUT2D eigenvalue weighted by atomic mass is 32.1. The second kappa shape index (κ2) is 6.86. The fourth-order valence-electron chi connectivity index (χ4n) is 1.84. The van der Waals surface area contributed by atoms with Crippen LogP contribution in [0, 0.1) is 18.3 Å². The van der Waals surface area contributed by atoms with Gasteiger partial charge in [-0.05, 0) is 24.6 Å². The van der Waals surface area contributed by atoms with Crippen LogP contribution in [0.2, 0.25) is 0 Å². The lowest BCUT2D eigenvalue weighted by molar-refractivity contribution is -0.145. The molecule has 0 aliphatic heterocycles. The minimum absolute atomic E-state index is 0.0676. The molecule has 0 atom stereocenters. The molecule has 0 N–H and O–H groups in total. The quantitative estimate of drug-likeness (QED) is 0.794. The van der Waals surface area contributed by atoms with Gasteiger partial charge in [-0.15, -0.1) is 0 Å². The highest BCUT2D eigenvalue weighted by Gasteiger charge is 2.08. The van der Waals surface area contributed by atoms with Gasteiger partial charge in [-0.1, -0.05) is 23.5 Å². The summed E-state index contributed by atoms with van der Waals surface area (Å²) in [5.74, 6) is -0.366. The van der Waals surface area contributed by atoms with Gasteiger partial charge in [0.25, 0.3) is 0 Å². The Morgan fingerprint density at radius 1 is 1.48 bits per heavy atom. The average Bonchev–Trinajstić information content (AvgIpc) is 2.82. The second-order valence-corrected chi connectivity index (χ2v) is 5.34. The van der Waals surface area contributed by atoms with Crippen molar-refractivity contribution in [3.8, 4) is 6.07 Å². The average molecular weight is 302 g/mol. The lowest BCUT2D eigenvalue weighted by Gasteiger charge is -2.06. The van der Waals surface area contributed by atoms with Gasteiger partial charge >= 0.3 is 10.8 Å². The first kappa shape index (κ1) is 15.0. The molecular formula is C15H14N2O3S. The maximum absolute atomic E-state index is 11.7. The molecule has 0 fully saturated rings. The molecule has 0 aliphatic rings. The zero-order valence-electron chi connectivity index (χ0n) is 11.5. The summed E-state index contributed by atoms with van der Waals surface area (Å²) in [6.45, 7) is 2.29. The van der Waals surface area contributed by atoms with Gasteiger partial charge < -0.3 is 9.30 Å². The lowest BCUT2D eigenvalue weighted by atomic mass is 10.1. The van der Waals surface area contributed by atoms with E-state index in [9.17, 15) is 9.59 Å². The van der Waals surface area contributed by atoms with E-state index in [1.807, 2.05) is 13.0 Å². The first-order chi connectivity index (χ1) is 10.1. The number of ether oxygens (including phenoxy) is 1. The molecule has 0 radical (unpaired) electrons. The largest absolute Gasteiger partial charge is 0.461 e. The van der Waals surface area contributed by atoms with Crippen molar-refractivity contribution in [3.63, 3.8) is 0 Å². The number of hydrogen-bond donors (Lipinski definition) is 0. The highest BCUT2D eigenvalue weighted by Crippen LogP contribution is 2.07. The Kier molecular flexibility index (Phi) is 4.90. The number of esters is 1. The number of carbonyl (C=O) groups excluding carboxylic acids is 1. The van der Waals surface area contributed by atoms with Crippen molar-refractivity contribution in [2.75, 3.05) is 0 Å². The van der Waals surface area contributed by atoms with Crippen molar-refractivity contribution in [2.24, 2.45) is 0 Å². The minimum atomic E-state index is -0.366. The Balaban J connectivity index is 1.85. The maximum Gasteiger partial charge on any atom is 0.307 e. The summed E-state index contributed by atoms with van der Waals surface area (Å²) in [6, 6.07) is 8.95. The zero-order valence-corrected chi connectivity index (χ0v) is 12.4. The molecule has 0 unspecified atom stereocenters. The molecule has 0 bridgehead atoms. The zero-order chi connectivity index (χ0) is 15.2. The van der Waals surface area contributed by atoms with Crippen molar-refractivity contribution in [2.45, 2.75) is 26.5 Å². The summed E-state index contributed by atoms with van der Waals surface area (Å²) in [6.07, 6.45) is 0.148. The fourth-order valence-corrected chi connectivity index (χ4v) is 2.61. The van der Waals surface area contributed by atoms with Crippen LogP contribution in [-0.2, 0) is 22.7 Å². The van der Waals surface area contributed by atoms with Crippen molar-refractivity contribution in [3.05, 3.63) is 56.1 Å². The molecule has 0 amide bonds. The summed E-state index contributed by atoms with van der Waals surface area (Å²) in [7, 11) is 0. The van der Waals surface area contributed by atoms with Crippen LogP contribution in [0.4, 0.5) is 0 Å². The van der Waals surface area contributed by atoms with E-state index < -0.39 is 0 Å². The van der Waals surface area contributed by atoms with Crippen LogP contribution in [0.1, 0.15) is 23.2 Å². The molecular weight excluding hydrogens is 288 g/mol. The molecule has 0 saturated carbocycles. The van der Waals surface area contributed by atoms with Gasteiger partial charge in [0.15, 0.2) is 0 Å². The number of hydrogen-bond acceptors (Lipinski definition) is 5. The van der Waals surface area contributed by atoms with Crippen LogP contribution in [-0.4, -0.2) is 10.5 Å². The SMILES string of the molecule is Cc1csc(=O)n1CCC(=O)OCc1cccc(C#N)c1. The van der Waals surface area contributed by atoms with Crippen molar-refractivity contribution in [1.29, 1.82) is 5.26 Å². The predicted molar refractivity (Wildman–Crippen MR) is 78.9 cm³/mol. The highest BCUT2D eigenvalue weighted by molar-refractivity contribution is 7.07. The Morgan fingerprint density at radius 2 is 2.29 bits per heavy atom. The number of rotatable bonds is 5. The molecule has 1 heterocycles. The number of aryl methyl sites for hydroxylation is 1. The Morgan fingerprint density at radius 3 is 2.95 bits per heavy atom. The third-order valence-corrected chi connectivity index (χ3v) is 3.85. The number of carbonyl (C=O) groups is 1. The molecule has 5 nitrogen and oxygen atoms in total. The van der Waals surface area contributed by atoms with Crippen molar-refractivity contribution in [1.82, 2.24) is 4.57 Å². The van der Waals surface area contributed by atoms with E-state index >= 15 is 0 Å². The summed E-state index contributed by atoms with van der Waals surface area (Å²) in [5.41, 5.74) is 2.15. The van der Waals surface area contributed by atoms with Crippen LogP contribution in [0.5, 0.6) is 0 Å². The molecule has 1 aromatic carbocycles. The molecule has 0 aliphatic carbocycles. The van der Waals surface area contributed by atoms with Gasteiger partial charge in [-0.3, -0.25) is 9.59 Å². The third-order valence-electron chi connectivity index (χ3n) is 2.97. The van der Waals surface area contributed by atoms with Crippen LogP contribution < -0.4 is 4.87 Å². The standard InChI is InChI=1S/C15H14N2O3S/c1-11-10-21-15(19)17(11)6-5-14(18)20-9-13-4-2-3-12(7-13)8-16/h2-4,7,10H,5-6,9H2,1H3. The summed E-state index contributed by atoms with van der Waals surface area (Å²) < 4.78 is 6.70. The summed E-state index contributed by atoms with van der Waals surface area (Å²) in [4.78, 5) is 23.1. The van der Waals surface area contributed by atoms with Crippen molar-refractivity contribution >= 4 is 17.3 Å². The molecule has 0 spiro atoms.